The van der Waals surface area contributed by atoms with Gasteiger partial charge in [0.2, 0.25) is 0 Å². The van der Waals surface area contributed by atoms with E-state index in [2.05, 4.69) is 5.32 Å². The van der Waals surface area contributed by atoms with Crippen LogP contribution in [-0.2, 0) is 14.3 Å². The third-order valence-corrected chi connectivity index (χ3v) is 4.96. The maximum Gasteiger partial charge on any atom is 0.410 e. The lowest BCUT2D eigenvalue weighted by atomic mass is 9.94. The van der Waals surface area contributed by atoms with E-state index in [1.54, 1.807) is 46.1 Å². The van der Waals surface area contributed by atoms with Crippen LogP contribution in [0, 0.1) is 5.92 Å². The Morgan fingerprint density at radius 1 is 1.12 bits per heavy atom. The average molecular weight is 467 g/mol. The van der Waals surface area contributed by atoms with Crippen LogP contribution in [-0.4, -0.2) is 80.1 Å². The van der Waals surface area contributed by atoms with Crippen molar-refractivity contribution in [2.45, 2.75) is 45.3 Å². The summed E-state index contributed by atoms with van der Waals surface area (Å²) < 4.78 is 21.4. The van der Waals surface area contributed by atoms with Crippen LogP contribution in [0.2, 0.25) is 0 Å². The Morgan fingerprint density at radius 3 is 2.45 bits per heavy atom. The zero-order chi connectivity index (χ0) is 24.6. The predicted molar refractivity (Wildman–Crippen MR) is 120 cm³/mol. The number of benzene rings is 1. The normalized spacial score (nSPS) is 18.4. The zero-order valence-corrected chi connectivity index (χ0v) is 19.9. The van der Waals surface area contributed by atoms with Gasteiger partial charge in [-0.25, -0.2) is 4.79 Å². The van der Waals surface area contributed by atoms with Crippen molar-refractivity contribution in [3.8, 4) is 11.5 Å². The van der Waals surface area contributed by atoms with Gasteiger partial charge in [0.15, 0.2) is 11.5 Å². The summed E-state index contributed by atoms with van der Waals surface area (Å²) in [6.45, 7) is 6.33. The summed E-state index contributed by atoms with van der Waals surface area (Å²) in [5.41, 5.74) is -0.381. The summed E-state index contributed by atoms with van der Waals surface area (Å²) in [7, 11) is 3.12. The molecule has 2 N–H and O–H groups in total. The molecule has 10 nitrogen and oxygen atoms in total. The molecule has 0 aliphatic carbocycles. The first kappa shape index (κ1) is 26.2. The van der Waals surface area contributed by atoms with Crippen LogP contribution >= 0.6 is 0 Å². The maximum absolute atomic E-state index is 12.9. The minimum Gasteiger partial charge on any atom is -0.493 e. The quantitative estimate of drug-likeness (QED) is 0.532. The van der Waals surface area contributed by atoms with Crippen molar-refractivity contribution in [1.29, 1.82) is 0 Å². The van der Waals surface area contributed by atoms with Crippen LogP contribution in [0.15, 0.2) is 18.2 Å². The molecule has 10 heteroatoms. The van der Waals surface area contributed by atoms with E-state index in [1.807, 2.05) is 0 Å². The number of methoxy groups -OCH3 is 2. The number of rotatable bonds is 9. The molecule has 1 saturated heterocycles. The maximum atomic E-state index is 12.9. The van der Waals surface area contributed by atoms with Crippen LogP contribution < -0.4 is 14.8 Å². The molecule has 184 valence electrons. The van der Waals surface area contributed by atoms with E-state index in [0.29, 0.717) is 36.7 Å². The third kappa shape index (κ3) is 8.12. The lowest BCUT2D eigenvalue weighted by molar-refractivity contribution is -0.143. The fourth-order valence-electron chi connectivity index (χ4n) is 3.44. The number of ether oxygens (including phenoxy) is 4. The van der Waals surface area contributed by atoms with E-state index in [4.69, 9.17) is 18.9 Å². The minimum absolute atomic E-state index is 0.0264. The van der Waals surface area contributed by atoms with Gasteiger partial charge in [0.05, 0.1) is 19.6 Å². The molecule has 1 fully saturated rings. The van der Waals surface area contributed by atoms with Gasteiger partial charge < -0.3 is 34.3 Å². The molecule has 1 aromatic carbocycles. The van der Waals surface area contributed by atoms with Crippen molar-refractivity contribution in [2.24, 2.45) is 5.92 Å². The molecule has 1 heterocycles. The number of aliphatic carboxylic acids is 1. The van der Waals surface area contributed by atoms with E-state index in [0.717, 1.165) is 0 Å². The SMILES string of the molecule is COCCCOc1cc(C(=O)NC2CC(C(=O)O)CN(C(=O)OC(C)(C)C)C2)ccc1OC. The number of hydrogen-bond acceptors (Lipinski definition) is 7. The summed E-state index contributed by atoms with van der Waals surface area (Å²) in [5, 5.41) is 12.4. The lowest BCUT2D eigenvalue weighted by Crippen LogP contribution is -2.54. The highest BCUT2D eigenvalue weighted by atomic mass is 16.6. The van der Waals surface area contributed by atoms with Crippen molar-refractivity contribution in [2.75, 3.05) is 40.5 Å². The number of nitrogens with zero attached hydrogens (tertiary/aromatic N) is 1. The van der Waals surface area contributed by atoms with Gasteiger partial charge in [0.1, 0.15) is 5.60 Å². The Hall–Kier alpha value is -3.01. The Bertz CT molecular complexity index is 836. The second kappa shape index (κ2) is 11.7. The van der Waals surface area contributed by atoms with Crippen molar-refractivity contribution < 1.29 is 38.4 Å². The molecule has 0 saturated carbocycles. The molecule has 2 amide bonds. The number of piperidine rings is 1. The largest absolute Gasteiger partial charge is 0.493 e. The number of nitrogens with one attached hydrogen (secondary N) is 1. The van der Waals surface area contributed by atoms with Crippen molar-refractivity contribution in [3.05, 3.63) is 23.8 Å². The zero-order valence-electron chi connectivity index (χ0n) is 19.9. The summed E-state index contributed by atoms with van der Waals surface area (Å²) in [6, 6.07) is 4.26. The van der Waals surface area contributed by atoms with Crippen molar-refractivity contribution >= 4 is 18.0 Å². The second-order valence-corrected chi connectivity index (χ2v) is 8.89. The van der Waals surface area contributed by atoms with E-state index in [9.17, 15) is 19.5 Å². The minimum atomic E-state index is -1.03. The van der Waals surface area contributed by atoms with Gasteiger partial charge in [-0.15, -0.1) is 0 Å². The second-order valence-electron chi connectivity index (χ2n) is 8.89. The number of likely N-dealkylation sites (tertiary alicyclic amines) is 1. The van der Waals surface area contributed by atoms with Crippen LogP contribution in [0.25, 0.3) is 0 Å². The van der Waals surface area contributed by atoms with Gasteiger partial charge in [-0.2, -0.15) is 0 Å². The van der Waals surface area contributed by atoms with Crippen LogP contribution in [0.3, 0.4) is 0 Å². The molecule has 1 aromatic rings. The topological polar surface area (TPSA) is 124 Å². The molecule has 33 heavy (non-hydrogen) atoms. The summed E-state index contributed by atoms with van der Waals surface area (Å²) in [6.07, 6.45) is 0.274. The molecule has 0 bridgehead atoms. The predicted octanol–water partition coefficient (Wildman–Crippen LogP) is 2.55. The lowest BCUT2D eigenvalue weighted by Gasteiger charge is -2.37. The van der Waals surface area contributed by atoms with Crippen LogP contribution in [0.5, 0.6) is 11.5 Å². The Morgan fingerprint density at radius 2 is 1.85 bits per heavy atom. The number of carbonyl (C=O) groups is 3. The Kier molecular flexibility index (Phi) is 9.33. The number of carboxylic acids is 1. The highest BCUT2D eigenvalue weighted by molar-refractivity contribution is 5.95. The fourth-order valence-corrected chi connectivity index (χ4v) is 3.44. The first-order valence-electron chi connectivity index (χ1n) is 10.9. The molecule has 2 unspecified atom stereocenters. The first-order valence-corrected chi connectivity index (χ1v) is 10.9. The summed E-state index contributed by atoms with van der Waals surface area (Å²) >= 11 is 0. The number of hydrogen-bond donors (Lipinski definition) is 2. The standard InChI is InChI=1S/C23H34N2O8/c1-23(2,3)33-22(29)25-13-16(21(27)28)11-17(14-25)24-20(26)15-7-8-18(31-5)19(12-15)32-10-6-9-30-4/h7-8,12,16-17H,6,9-11,13-14H2,1-5H3,(H,24,26)(H,27,28). The molecule has 2 rings (SSSR count). The van der Waals surface area contributed by atoms with Gasteiger partial charge in [-0.3, -0.25) is 9.59 Å². The van der Waals surface area contributed by atoms with Crippen LogP contribution in [0.4, 0.5) is 4.79 Å². The van der Waals surface area contributed by atoms with Gasteiger partial charge in [-0.05, 0) is 45.4 Å². The Balaban J connectivity index is 2.11. The van der Waals surface area contributed by atoms with Crippen molar-refractivity contribution in [3.63, 3.8) is 0 Å². The highest BCUT2D eigenvalue weighted by Crippen LogP contribution is 2.28. The smallest absolute Gasteiger partial charge is 0.410 e. The molecule has 0 spiro atoms. The van der Waals surface area contributed by atoms with E-state index in [-0.39, 0.29) is 19.5 Å². The molecular weight excluding hydrogens is 432 g/mol. The molecule has 2 atom stereocenters. The van der Waals surface area contributed by atoms with Crippen molar-refractivity contribution in [1.82, 2.24) is 10.2 Å². The monoisotopic (exact) mass is 466 g/mol. The molecule has 0 radical (unpaired) electrons. The average Bonchev–Trinajstić information content (AvgIpc) is 2.75. The van der Waals surface area contributed by atoms with Crippen LogP contribution in [0.1, 0.15) is 44.0 Å². The number of carboxylic acid groups (broad SMARTS) is 1. The van der Waals surface area contributed by atoms with Gasteiger partial charge in [0.25, 0.3) is 5.91 Å². The molecule has 1 aliphatic rings. The molecule has 0 aromatic heterocycles. The molecular formula is C23H34N2O8. The number of carbonyl (C=O) groups excluding carboxylic acids is 2. The van der Waals surface area contributed by atoms with E-state index < -0.39 is 35.5 Å². The summed E-state index contributed by atoms with van der Waals surface area (Å²) in [4.78, 5) is 38.4. The third-order valence-electron chi connectivity index (χ3n) is 4.96. The fraction of sp³-hybridized carbons (Fsp3) is 0.609. The number of amides is 2. The summed E-state index contributed by atoms with van der Waals surface area (Å²) in [5.74, 6) is -1.34. The highest BCUT2D eigenvalue weighted by Gasteiger charge is 2.36. The van der Waals surface area contributed by atoms with Gasteiger partial charge in [0, 0.05) is 44.8 Å². The van der Waals surface area contributed by atoms with E-state index in [1.165, 1.54) is 12.0 Å². The van der Waals surface area contributed by atoms with E-state index >= 15 is 0 Å². The Labute approximate surface area is 194 Å². The van der Waals surface area contributed by atoms with Gasteiger partial charge >= 0.3 is 12.1 Å². The first-order chi connectivity index (χ1) is 15.5. The van der Waals surface area contributed by atoms with Gasteiger partial charge in [-0.1, -0.05) is 0 Å². The molecule has 1 aliphatic heterocycles.